The molecule has 0 aliphatic heterocycles. The third kappa shape index (κ3) is 5.05. The lowest BCUT2D eigenvalue weighted by Gasteiger charge is -2.19. The molecule has 0 bridgehead atoms. The first-order chi connectivity index (χ1) is 10.3. The van der Waals surface area contributed by atoms with E-state index in [1.54, 1.807) is 0 Å². The molecule has 0 aliphatic carbocycles. The molecule has 126 valence electrons. The molecule has 0 amide bonds. The second-order valence-electron chi connectivity index (χ2n) is 4.99. The maximum atomic E-state index is 13.4. The Morgan fingerprint density at radius 2 is 1.50 bits per heavy atom. The molecule has 1 aromatic rings. The highest BCUT2D eigenvalue weighted by molar-refractivity contribution is 6.59. The molecule has 0 atom stereocenters. The van der Waals surface area contributed by atoms with E-state index in [9.17, 15) is 22.4 Å². The van der Waals surface area contributed by atoms with Gasteiger partial charge in [0.25, 0.3) is 0 Å². The van der Waals surface area contributed by atoms with Gasteiger partial charge < -0.3 is 13.6 Å². The standard InChI is InChI=1S/C14H20F4O3Si/c1-20-22(19,21-2)8-6-4-3-5-7-10-9-11(15)13(17)14(18)12(10)16/h9,19H,3-8H2,1-2H3. The lowest BCUT2D eigenvalue weighted by Crippen LogP contribution is -2.39. The van der Waals surface area contributed by atoms with Gasteiger partial charge in [0, 0.05) is 20.3 Å². The van der Waals surface area contributed by atoms with E-state index in [1.807, 2.05) is 0 Å². The van der Waals surface area contributed by atoms with Gasteiger partial charge in [-0.3, -0.25) is 0 Å². The van der Waals surface area contributed by atoms with Crippen LogP contribution in [0.5, 0.6) is 0 Å². The first-order valence-corrected chi connectivity index (χ1v) is 8.96. The summed E-state index contributed by atoms with van der Waals surface area (Å²) in [7, 11) is -0.282. The molecule has 8 heteroatoms. The van der Waals surface area contributed by atoms with Crippen LogP contribution in [0.15, 0.2) is 6.07 Å². The molecular weight excluding hydrogens is 320 g/mol. The van der Waals surface area contributed by atoms with E-state index in [-0.39, 0.29) is 12.0 Å². The van der Waals surface area contributed by atoms with Crippen molar-refractivity contribution in [3.05, 3.63) is 34.9 Å². The summed E-state index contributed by atoms with van der Waals surface area (Å²) >= 11 is 0. The SMILES string of the molecule is CO[Si](O)(CCCCCCc1cc(F)c(F)c(F)c1F)OC. The predicted molar refractivity (Wildman–Crippen MR) is 75.2 cm³/mol. The van der Waals surface area contributed by atoms with Crippen molar-refractivity contribution in [2.45, 2.75) is 38.1 Å². The zero-order chi connectivity index (χ0) is 16.8. The molecule has 0 unspecified atom stereocenters. The topological polar surface area (TPSA) is 38.7 Å². The summed E-state index contributed by atoms with van der Waals surface area (Å²) in [4.78, 5) is 9.81. The van der Waals surface area contributed by atoms with Gasteiger partial charge in [0.1, 0.15) is 0 Å². The van der Waals surface area contributed by atoms with E-state index in [1.165, 1.54) is 14.2 Å². The van der Waals surface area contributed by atoms with Gasteiger partial charge in [0.05, 0.1) is 0 Å². The van der Waals surface area contributed by atoms with E-state index in [0.29, 0.717) is 31.4 Å². The third-order valence-electron chi connectivity index (χ3n) is 3.50. The Morgan fingerprint density at radius 3 is 2.09 bits per heavy atom. The maximum absolute atomic E-state index is 13.4. The zero-order valence-electron chi connectivity index (χ0n) is 12.6. The Kier molecular flexibility index (Phi) is 7.47. The van der Waals surface area contributed by atoms with Crippen molar-refractivity contribution >= 4 is 8.80 Å². The number of aryl methyl sites for hydroxylation is 1. The van der Waals surface area contributed by atoms with Crippen molar-refractivity contribution in [1.29, 1.82) is 0 Å². The average Bonchev–Trinajstić information content (AvgIpc) is 2.52. The van der Waals surface area contributed by atoms with E-state index in [2.05, 4.69) is 0 Å². The summed E-state index contributed by atoms with van der Waals surface area (Å²) < 4.78 is 62.1. The number of halogens is 4. The molecule has 0 aliphatic rings. The molecule has 0 heterocycles. The summed E-state index contributed by atoms with van der Waals surface area (Å²) in [5, 5.41) is 0. The third-order valence-corrected chi connectivity index (χ3v) is 5.77. The summed E-state index contributed by atoms with van der Waals surface area (Å²) in [6.45, 7) is 0. The zero-order valence-corrected chi connectivity index (χ0v) is 13.6. The fourth-order valence-corrected chi connectivity index (χ4v) is 3.38. The van der Waals surface area contributed by atoms with Gasteiger partial charge >= 0.3 is 8.80 Å². The van der Waals surface area contributed by atoms with Gasteiger partial charge in [0.15, 0.2) is 23.3 Å². The van der Waals surface area contributed by atoms with Crippen LogP contribution in [0.3, 0.4) is 0 Å². The quantitative estimate of drug-likeness (QED) is 0.246. The summed E-state index contributed by atoms with van der Waals surface area (Å²) in [6, 6.07) is 1.10. The van der Waals surface area contributed by atoms with Crippen LogP contribution in [0.4, 0.5) is 17.6 Å². The Balaban J connectivity index is 2.37. The maximum Gasteiger partial charge on any atom is 0.497 e. The second-order valence-corrected chi connectivity index (χ2v) is 7.74. The number of rotatable bonds is 9. The van der Waals surface area contributed by atoms with Crippen LogP contribution in [0.25, 0.3) is 0 Å². The Labute approximate surface area is 128 Å². The highest BCUT2D eigenvalue weighted by Gasteiger charge is 2.33. The molecule has 1 N–H and O–H groups in total. The highest BCUT2D eigenvalue weighted by Crippen LogP contribution is 2.21. The first kappa shape index (κ1) is 19.1. The van der Waals surface area contributed by atoms with Crippen LogP contribution in [0, 0.1) is 23.3 Å². The van der Waals surface area contributed by atoms with Crippen LogP contribution in [0.2, 0.25) is 6.04 Å². The summed E-state index contributed by atoms with van der Waals surface area (Å²) in [5.74, 6) is -6.28. The van der Waals surface area contributed by atoms with Crippen molar-refractivity contribution in [3.63, 3.8) is 0 Å². The van der Waals surface area contributed by atoms with Crippen molar-refractivity contribution in [2.24, 2.45) is 0 Å². The van der Waals surface area contributed by atoms with Gasteiger partial charge in [-0.25, -0.2) is 17.6 Å². The Bertz CT molecular complexity index is 495. The van der Waals surface area contributed by atoms with Crippen molar-refractivity contribution in [3.8, 4) is 0 Å². The molecule has 0 saturated heterocycles. The number of hydrogen-bond acceptors (Lipinski definition) is 3. The van der Waals surface area contributed by atoms with Gasteiger partial charge in [-0.2, -0.15) is 0 Å². The number of unbranched alkanes of at least 4 members (excludes halogenated alkanes) is 3. The molecule has 0 aromatic heterocycles. The van der Waals surface area contributed by atoms with Gasteiger partial charge in [-0.1, -0.05) is 12.8 Å². The minimum absolute atomic E-state index is 0.121. The van der Waals surface area contributed by atoms with E-state index < -0.39 is 32.1 Å². The lowest BCUT2D eigenvalue weighted by atomic mass is 10.1. The smallest absolute Gasteiger partial charge is 0.390 e. The lowest BCUT2D eigenvalue weighted by molar-refractivity contribution is 0.150. The Hall–Kier alpha value is -0.963. The van der Waals surface area contributed by atoms with Gasteiger partial charge in [-0.05, 0) is 30.9 Å². The van der Waals surface area contributed by atoms with Crippen LogP contribution < -0.4 is 0 Å². The average molecular weight is 340 g/mol. The summed E-state index contributed by atoms with van der Waals surface area (Å²) in [5.41, 5.74) is -0.170. The molecule has 3 nitrogen and oxygen atoms in total. The first-order valence-electron chi connectivity index (χ1n) is 6.99. The molecule has 22 heavy (non-hydrogen) atoms. The Morgan fingerprint density at radius 1 is 0.909 bits per heavy atom. The summed E-state index contributed by atoms with van der Waals surface area (Å²) in [6.07, 6.45) is 2.70. The highest BCUT2D eigenvalue weighted by atomic mass is 28.4. The van der Waals surface area contributed by atoms with Crippen LogP contribution in [0.1, 0.15) is 31.2 Å². The molecular formula is C14H20F4O3Si. The molecule has 1 rings (SSSR count). The molecule has 0 radical (unpaired) electrons. The van der Waals surface area contributed by atoms with Crippen molar-refractivity contribution < 1.29 is 31.2 Å². The van der Waals surface area contributed by atoms with Gasteiger partial charge in [0.2, 0.25) is 0 Å². The van der Waals surface area contributed by atoms with Crippen LogP contribution in [-0.2, 0) is 15.3 Å². The van der Waals surface area contributed by atoms with Crippen LogP contribution in [-0.4, -0.2) is 27.8 Å². The molecule has 0 spiro atoms. The second kappa shape index (κ2) is 8.61. The monoisotopic (exact) mass is 340 g/mol. The van der Waals surface area contributed by atoms with E-state index in [4.69, 9.17) is 8.85 Å². The largest absolute Gasteiger partial charge is 0.497 e. The van der Waals surface area contributed by atoms with E-state index >= 15 is 0 Å². The fourth-order valence-electron chi connectivity index (χ4n) is 2.11. The minimum atomic E-state index is -3.05. The minimum Gasteiger partial charge on any atom is -0.390 e. The van der Waals surface area contributed by atoms with Gasteiger partial charge in [-0.15, -0.1) is 0 Å². The van der Waals surface area contributed by atoms with Crippen LogP contribution >= 0.6 is 0 Å². The normalized spacial score (nSPS) is 12.0. The molecule has 0 saturated carbocycles. The van der Waals surface area contributed by atoms with Crippen molar-refractivity contribution in [1.82, 2.24) is 0 Å². The number of hydrogen-bond donors (Lipinski definition) is 1. The fraction of sp³-hybridized carbons (Fsp3) is 0.571. The number of benzene rings is 1. The molecule has 1 aromatic carbocycles. The molecule has 0 fully saturated rings. The van der Waals surface area contributed by atoms with Crippen molar-refractivity contribution in [2.75, 3.05) is 14.2 Å². The van der Waals surface area contributed by atoms with E-state index in [0.717, 1.165) is 6.42 Å². The predicted octanol–water partition coefficient (Wildman–Crippen LogP) is 3.57.